The monoisotopic (exact) mass is 425 g/mol. The fourth-order valence-electron chi connectivity index (χ4n) is 3.69. The molecule has 0 atom stereocenters. The van der Waals surface area contributed by atoms with Crippen LogP contribution in [0.15, 0.2) is 60.0 Å². The molecule has 7 nitrogen and oxygen atoms in total. The van der Waals surface area contributed by atoms with E-state index in [2.05, 4.69) is 20.3 Å². The predicted octanol–water partition coefficient (Wildman–Crippen LogP) is 5.48. The van der Waals surface area contributed by atoms with Crippen LogP contribution in [0.4, 0.5) is 21.6 Å². The van der Waals surface area contributed by atoms with Gasteiger partial charge in [-0.05, 0) is 49.9 Å². The molecule has 0 amide bonds. The zero-order valence-electron chi connectivity index (χ0n) is 16.1. The number of para-hydroxylation sites is 1. The lowest BCUT2D eigenvalue weighted by Gasteiger charge is -2.27. The summed E-state index contributed by atoms with van der Waals surface area (Å²) < 4.78 is 14.0. The van der Waals surface area contributed by atoms with E-state index in [1.807, 2.05) is 18.2 Å². The number of rotatable bonds is 6. The van der Waals surface area contributed by atoms with E-state index in [0.29, 0.717) is 10.9 Å². The third kappa shape index (κ3) is 4.56. The maximum absolute atomic E-state index is 14.0. The van der Waals surface area contributed by atoms with Crippen molar-refractivity contribution in [2.45, 2.75) is 41.9 Å². The molecule has 9 heteroatoms. The van der Waals surface area contributed by atoms with Gasteiger partial charge in [-0.3, -0.25) is 10.1 Å². The average Bonchev–Trinajstić information content (AvgIpc) is 2.76. The SMILES string of the molecule is O=[N+]([O-])c1c(Nc2ccccc2F)ncnc1C1CCC(Sc2ccccn2)CC1. The van der Waals surface area contributed by atoms with Gasteiger partial charge in [0.1, 0.15) is 17.8 Å². The molecule has 0 unspecified atom stereocenters. The van der Waals surface area contributed by atoms with Gasteiger partial charge in [-0.1, -0.05) is 18.2 Å². The highest BCUT2D eigenvalue weighted by Gasteiger charge is 2.32. The lowest BCUT2D eigenvalue weighted by Crippen LogP contribution is -2.18. The number of halogens is 1. The molecular weight excluding hydrogens is 405 g/mol. The molecule has 1 N–H and O–H groups in total. The summed E-state index contributed by atoms with van der Waals surface area (Å²) in [5, 5.41) is 16.0. The van der Waals surface area contributed by atoms with Crippen LogP contribution >= 0.6 is 11.8 Å². The van der Waals surface area contributed by atoms with Crippen LogP contribution in [-0.2, 0) is 0 Å². The highest BCUT2D eigenvalue weighted by molar-refractivity contribution is 7.99. The van der Waals surface area contributed by atoms with Crippen molar-refractivity contribution < 1.29 is 9.31 Å². The number of pyridine rings is 1. The third-order valence-corrected chi connectivity index (χ3v) is 6.43. The van der Waals surface area contributed by atoms with E-state index in [1.54, 1.807) is 30.1 Å². The molecule has 154 valence electrons. The third-order valence-electron chi connectivity index (χ3n) is 5.15. The summed E-state index contributed by atoms with van der Waals surface area (Å²) in [6.45, 7) is 0. The Bertz CT molecular complexity index is 1030. The number of aromatic nitrogens is 3. The molecule has 1 fully saturated rings. The van der Waals surface area contributed by atoms with Gasteiger partial charge in [-0.2, -0.15) is 0 Å². The smallest absolute Gasteiger partial charge is 0.332 e. The first-order valence-corrected chi connectivity index (χ1v) is 10.6. The summed E-state index contributed by atoms with van der Waals surface area (Å²) >= 11 is 1.75. The topological polar surface area (TPSA) is 93.8 Å². The van der Waals surface area contributed by atoms with Gasteiger partial charge in [0.05, 0.1) is 15.6 Å². The Morgan fingerprint density at radius 3 is 2.50 bits per heavy atom. The quantitative estimate of drug-likeness (QED) is 0.413. The number of nitrogens with zero attached hydrogens (tertiary/aromatic N) is 4. The molecule has 1 aliphatic rings. The van der Waals surface area contributed by atoms with Crippen molar-refractivity contribution in [1.29, 1.82) is 0 Å². The van der Waals surface area contributed by atoms with Crippen molar-refractivity contribution in [3.63, 3.8) is 0 Å². The van der Waals surface area contributed by atoms with Crippen molar-refractivity contribution in [2.75, 3.05) is 5.32 Å². The van der Waals surface area contributed by atoms with Gasteiger partial charge in [-0.25, -0.2) is 19.3 Å². The molecule has 0 saturated heterocycles. The zero-order chi connectivity index (χ0) is 20.9. The van der Waals surface area contributed by atoms with E-state index in [0.717, 1.165) is 30.7 Å². The van der Waals surface area contributed by atoms with E-state index in [1.165, 1.54) is 18.5 Å². The molecule has 1 aliphatic carbocycles. The Labute approximate surface area is 177 Å². The maximum atomic E-state index is 14.0. The van der Waals surface area contributed by atoms with Crippen LogP contribution in [-0.4, -0.2) is 25.1 Å². The van der Waals surface area contributed by atoms with Gasteiger partial charge in [0, 0.05) is 17.4 Å². The van der Waals surface area contributed by atoms with Crippen molar-refractivity contribution in [3.8, 4) is 0 Å². The maximum Gasteiger partial charge on any atom is 0.333 e. The van der Waals surface area contributed by atoms with E-state index in [4.69, 9.17) is 0 Å². The van der Waals surface area contributed by atoms with Crippen LogP contribution in [0.2, 0.25) is 0 Å². The highest BCUT2D eigenvalue weighted by Crippen LogP contribution is 2.42. The van der Waals surface area contributed by atoms with Gasteiger partial charge in [-0.15, -0.1) is 11.8 Å². The Balaban J connectivity index is 1.52. The number of thioether (sulfide) groups is 1. The van der Waals surface area contributed by atoms with Crippen LogP contribution in [0, 0.1) is 15.9 Å². The second-order valence-electron chi connectivity index (χ2n) is 7.08. The molecule has 0 spiro atoms. The summed E-state index contributed by atoms with van der Waals surface area (Å²) in [4.78, 5) is 24.0. The fourth-order valence-corrected chi connectivity index (χ4v) is 4.82. The number of hydrogen-bond acceptors (Lipinski definition) is 7. The highest BCUT2D eigenvalue weighted by atomic mass is 32.2. The van der Waals surface area contributed by atoms with Crippen molar-refractivity contribution in [3.05, 3.63) is 76.6 Å². The van der Waals surface area contributed by atoms with Crippen LogP contribution in [0.25, 0.3) is 0 Å². The first-order valence-electron chi connectivity index (χ1n) is 9.70. The molecule has 2 heterocycles. The summed E-state index contributed by atoms with van der Waals surface area (Å²) in [5.74, 6) is -0.519. The molecule has 0 radical (unpaired) electrons. The van der Waals surface area contributed by atoms with Crippen LogP contribution in [0.3, 0.4) is 0 Å². The standard InChI is InChI=1S/C21H20FN5O2S/c22-16-5-1-2-6-17(16)26-21-20(27(28)29)19(24-13-25-21)14-8-10-15(11-9-14)30-18-7-3-4-12-23-18/h1-7,12-15H,8-11H2,(H,24,25,26). The van der Waals surface area contributed by atoms with E-state index < -0.39 is 10.7 Å². The lowest BCUT2D eigenvalue weighted by atomic mass is 9.86. The summed E-state index contributed by atoms with van der Waals surface area (Å²) in [5.41, 5.74) is 0.373. The normalized spacial score (nSPS) is 18.7. The molecular formula is C21H20FN5O2S. The average molecular weight is 425 g/mol. The number of nitrogens with one attached hydrogen (secondary N) is 1. The fraction of sp³-hybridized carbons (Fsp3) is 0.286. The van der Waals surface area contributed by atoms with Gasteiger partial charge < -0.3 is 5.32 Å². The molecule has 3 aromatic rings. The van der Waals surface area contributed by atoms with E-state index in [9.17, 15) is 14.5 Å². The van der Waals surface area contributed by atoms with Gasteiger partial charge in [0.15, 0.2) is 0 Å². The number of benzene rings is 1. The first kappa shape index (κ1) is 20.2. The van der Waals surface area contributed by atoms with Crippen LogP contribution in [0.5, 0.6) is 0 Å². The lowest BCUT2D eigenvalue weighted by molar-refractivity contribution is -0.385. The number of anilines is 2. The van der Waals surface area contributed by atoms with Crippen LogP contribution < -0.4 is 5.32 Å². The Morgan fingerprint density at radius 2 is 1.80 bits per heavy atom. The van der Waals surface area contributed by atoms with Gasteiger partial charge in [0.25, 0.3) is 0 Å². The predicted molar refractivity (Wildman–Crippen MR) is 113 cm³/mol. The molecule has 1 saturated carbocycles. The van der Waals surface area contributed by atoms with Gasteiger partial charge in [0.2, 0.25) is 5.82 Å². The molecule has 30 heavy (non-hydrogen) atoms. The van der Waals surface area contributed by atoms with Crippen molar-refractivity contribution >= 4 is 29.0 Å². The number of hydrogen-bond donors (Lipinski definition) is 1. The molecule has 0 aliphatic heterocycles. The number of nitro groups is 1. The van der Waals surface area contributed by atoms with Crippen LogP contribution in [0.1, 0.15) is 37.3 Å². The largest absolute Gasteiger partial charge is 0.333 e. The summed E-state index contributed by atoms with van der Waals surface area (Å²) in [7, 11) is 0. The minimum Gasteiger partial charge on any atom is -0.332 e. The Hall–Kier alpha value is -3.07. The summed E-state index contributed by atoms with van der Waals surface area (Å²) in [6.07, 6.45) is 6.51. The summed E-state index contributed by atoms with van der Waals surface area (Å²) in [6, 6.07) is 11.9. The first-order chi connectivity index (χ1) is 14.6. The molecule has 1 aromatic carbocycles. The van der Waals surface area contributed by atoms with E-state index in [-0.39, 0.29) is 23.1 Å². The molecule has 0 bridgehead atoms. The van der Waals surface area contributed by atoms with E-state index >= 15 is 0 Å². The Kier molecular flexibility index (Phi) is 6.18. The minimum atomic E-state index is -0.501. The zero-order valence-corrected chi connectivity index (χ0v) is 16.9. The van der Waals surface area contributed by atoms with Crippen molar-refractivity contribution in [2.24, 2.45) is 0 Å². The minimum absolute atomic E-state index is 0.0140. The molecule has 2 aromatic heterocycles. The second-order valence-corrected chi connectivity index (χ2v) is 8.40. The van der Waals surface area contributed by atoms with Crippen molar-refractivity contribution in [1.82, 2.24) is 15.0 Å². The Morgan fingerprint density at radius 1 is 1.03 bits per heavy atom. The second kappa shape index (κ2) is 9.17. The van der Waals surface area contributed by atoms with Gasteiger partial charge >= 0.3 is 5.69 Å². The molecule has 4 rings (SSSR count).